The van der Waals surface area contributed by atoms with Gasteiger partial charge in [-0.25, -0.2) is 0 Å². The third-order valence-electron chi connectivity index (χ3n) is 3.91. The van der Waals surface area contributed by atoms with Crippen LogP contribution in [-0.4, -0.2) is 17.6 Å². The van der Waals surface area contributed by atoms with Crippen LogP contribution in [0.1, 0.15) is 45.4 Å². The van der Waals surface area contributed by atoms with Crippen molar-refractivity contribution in [3.05, 3.63) is 41.6 Å². The van der Waals surface area contributed by atoms with E-state index in [1.165, 1.54) is 10.9 Å². The molecule has 0 aliphatic heterocycles. The Bertz CT molecular complexity index is 585. The molecule has 0 aliphatic rings. The van der Waals surface area contributed by atoms with Crippen molar-refractivity contribution in [2.75, 3.05) is 6.54 Å². The predicted octanol–water partition coefficient (Wildman–Crippen LogP) is 4.21. The minimum Gasteiger partial charge on any atom is -0.315 e. The Morgan fingerprint density at radius 1 is 1.15 bits per heavy atom. The first-order valence-electron chi connectivity index (χ1n) is 7.50. The van der Waals surface area contributed by atoms with Crippen LogP contribution in [0.5, 0.6) is 0 Å². The van der Waals surface area contributed by atoms with Gasteiger partial charge in [0, 0.05) is 17.1 Å². The molecule has 0 unspecified atom stereocenters. The van der Waals surface area contributed by atoms with E-state index in [4.69, 9.17) is 0 Å². The molecule has 1 aromatic carbocycles. The van der Waals surface area contributed by atoms with Crippen LogP contribution >= 0.6 is 0 Å². The van der Waals surface area contributed by atoms with E-state index in [2.05, 4.69) is 68.3 Å². The second-order valence-electron chi connectivity index (χ2n) is 6.60. The average molecular weight is 270 g/mol. The summed E-state index contributed by atoms with van der Waals surface area (Å²) in [6, 6.07) is 11.5. The summed E-state index contributed by atoms with van der Waals surface area (Å²) in [6.07, 6.45) is 1.13. The lowest BCUT2D eigenvalue weighted by molar-refractivity contribution is 0.442. The molecule has 0 amide bonds. The molecule has 0 aliphatic carbocycles. The molecule has 0 fully saturated rings. The summed E-state index contributed by atoms with van der Waals surface area (Å²) in [7, 11) is 0. The fourth-order valence-electron chi connectivity index (χ4n) is 2.47. The van der Waals surface area contributed by atoms with Gasteiger partial charge in [-0.2, -0.15) is 0 Å². The Kier molecular flexibility index (Phi) is 4.44. The molecule has 0 radical (unpaired) electrons. The lowest BCUT2D eigenvalue weighted by atomic mass is 9.81. The van der Waals surface area contributed by atoms with Crippen LogP contribution < -0.4 is 5.32 Å². The molecular weight excluding hydrogens is 244 g/mol. The molecular formula is C18H26N2. The van der Waals surface area contributed by atoms with E-state index in [0.717, 1.165) is 24.2 Å². The number of fused-ring (bicyclic) bond motifs is 1. The van der Waals surface area contributed by atoms with Crippen molar-refractivity contribution in [2.24, 2.45) is 0 Å². The van der Waals surface area contributed by atoms with Crippen molar-refractivity contribution in [2.45, 2.75) is 52.5 Å². The van der Waals surface area contributed by atoms with E-state index in [9.17, 15) is 0 Å². The molecule has 1 N–H and O–H groups in total. The number of aromatic nitrogens is 1. The zero-order chi connectivity index (χ0) is 14.8. The largest absolute Gasteiger partial charge is 0.315 e. The SMILES string of the molecule is Cc1ccc2cc(C(C)(C)CCNC(C)C)ccc2n1. The van der Waals surface area contributed by atoms with Crippen molar-refractivity contribution >= 4 is 10.9 Å². The maximum atomic E-state index is 4.57. The zero-order valence-electron chi connectivity index (χ0n) is 13.3. The topological polar surface area (TPSA) is 24.9 Å². The van der Waals surface area contributed by atoms with Gasteiger partial charge in [-0.15, -0.1) is 0 Å². The van der Waals surface area contributed by atoms with Crippen LogP contribution in [0.2, 0.25) is 0 Å². The first kappa shape index (κ1) is 15.0. The van der Waals surface area contributed by atoms with Gasteiger partial charge in [0.2, 0.25) is 0 Å². The molecule has 1 aromatic heterocycles. The van der Waals surface area contributed by atoms with Gasteiger partial charge < -0.3 is 5.32 Å². The molecule has 2 heteroatoms. The normalized spacial score (nSPS) is 12.3. The number of benzene rings is 1. The zero-order valence-corrected chi connectivity index (χ0v) is 13.3. The van der Waals surface area contributed by atoms with E-state index in [0.29, 0.717) is 6.04 Å². The van der Waals surface area contributed by atoms with Crippen molar-refractivity contribution in [1.29, 1.82) is 0 Å². The van der Waals surface area contributed by atoms with Crippen LogP contribution in [0.3, 0.4) is 0 Å². The van der Waals surface area contributed by atoms with Gasteiger partial charge in [-0.3, -0.25) is 4.98 Å². The molecule has 0 bridgehead atoms. The Morgan fingerprint density at radius 3 is 2.60 bits per heavy atom. The van der Waals surface area contributed by atoms with Crippen LogP contribution in [0.25, 0.3) is 10.9 Å². The van der Waals surface area contributed by atoms with Crippen molar-refractivity contribution in [3.8, 4) is 0 Å². The maximum absolute atomic E-state index is 4.57. The number of nitrogens with zero attached hydrogens (tertiary/aromatic N) is 1. The van der Waals surface area contributed by atoms with E-state index in [1.54, 1.807) is 0 Å². The molecule has 0 spiro atoms. The third-order valence-corrected chi connectivity index (χ3v) is 3.91. The highest BCUT2D eigenvalue weighted by atomic mass is 14.9. The fraction of sp³-hybridized carbons (Fsp3) is 0.500. The second-order valence-corrected chi connectivity index (χ2v) is 6.60. The number of nitrogens with one attached hydrogen (secondary N) is 1. The molecule has 2 nitrogen and oxygen atoms in total. The molecule has 2 rings (SSSR count). The van der Waals surface area contributed by atoms with Gasteiger partial charge in [0.25, 0.3) is 0 Å². The minimum absolute atomic E-state index is 0.182. The first-order valence-corrected chi connectivity index (χ1v) is 7.50. The highest BCUT2D eigenvalue weighted by molar-refractivity contribution is 5.79. The van der Waals surface area contributed by atoms with Gasteiger partial charge in [0.05, 0.1) is 5.52 Å². The second kappa shape index (κ2) is 5.92. The Hall–Kier alpha value is -1.41. The van der Waals surface area contributed by atoms with Crippen molar-refractivity contribution in [3.63, 3.8) is 0 Å². The molecule has 2 aromatic rings. The minimum atomic E-state index is 0.182. The monoisotopic (exact) mass is 270 g/mol. The van der Waals surface area contributed by atoms with Gasteiger partial charge >= 0.3 is 0 Å². The molecule has 108 valence electrons. The summed E-state index contributed by atoms with van der Waals surface area (Å²) in [4.78, 5) is 4.57. The Labute approximate surface area is 122 Å². The fourth-order valence-corrected chi connectivity index (χ4v) is 2.47. The number of hydrogen-bond acceptors (Lipinski definition) is 2. The third kappa shape index (κ3) is 3.57. The van der Waals surface area contributed by atoms with E-state index in [-0.39, 0.29) is 5.41 Å². The van der Waals surface area contributed by atoms with Crippen LogP contribution in [0.4, 0.5) is 0 Å². The molecule has 20 heavy (non-hydrogen) atoms. The lowest BCUT2D eigenvalue weighted by Crippen LogP contribution is -2.29. The molecule has 1 heterocycles. The molecule has 0 atom stereocenters. The summed E-state index contributed by atoms with van der Waals surface area (Å²) in [5.74, 6) is 0. The van der Waals surface area contributed by atoms with E-state index < -0.39 is 0 Å². The summed E-state index contributed by atoms with van der Waals surface area (Å²) in [5.41, 5.74) is 3.73. The Morgan fingerprint density at radius 2 is 1.90 bits per heavy atom. The smallest absolute Gasteiger partial charge is 0.0705 e. The summed E-state index contributed by atoms with van der Waals surface area (Å²) in [5, 5.41) is 4.74. The van der Waals surface area contributed by atoms with Gasteiger partial charge in [0.1, 0.15) is 0 Å². The maximum Gasteiger partial charge on any atom is 0.0705 e. The summed E-state index contributed by atoms with van der Waals surface area (Å²) < 4.78 is 0. The van der Waals surface area contributed by atoms with Crippen LogP contribution in [0, 0.1) is 6.92 Å². The van der Waals surface area contributed by atoms with E-state index in [1.807, 2.05) is 6.92 Å². The van der Waals surface area contributed by atoms with Crippen LogP contribution in [-0.2, 0) is 5.41 Å². The van der Waals surface area contributed by atoms with Crippen molar-refractivity contribution in [1.82, 2.24) is 10.3 Å². The van der Waals surface area contributed by atoms with Gasteiger partial charge in [-0.05, 0) is 49.1 Å². The summed E-state index contributed by atoms with van der Waals surface area (Å²) >= 11 is 0. The number of hydrogen-bond donors (Lipinski definition) is 1. The quantitative estimate of drug-likeness (QED) is 0.880. The van der Waals surface area contributed by atoms with Gasteiger partial charge in [-0.1, -0.05) is 39.8 Å². The lowest BCUT2D eigenvalue weighted by Gasteiger charge is -2.26. The van der Waals surface area contributed by atoms with Gasteiger partial charge in [0.15, 0.2) is 0 Å². The highest BCUT2D eigenvalue weighted by Crippen LogP contribution is 2.29. The number of aryl methyl sites for hydroxylation is 1. The molecule has 0 saturated carbocycles. The number of rotatable bonds is 5. The number of pyridine rings is 1. The van der Waals surface area contributed by atoms with Crippen molar-refractivity contribution < 1.29 is 0 Å². The summed E-state index contributed by atoms with van der Waals surface area (Å²) in [6.45, 7) is 12.1. The van der Waals surface area contributed by atoms with Crippen LogP contribution in [0.15, 0.2) is 30.3 Å². The van der Waals surface area contributed by atoms with E-state index >= 15 is 0 Å². The average Bonchev–Trinajstić information content (AvgIpc) is 2.37. The molecule has 0 saturated heterocycles. The standard InChI is InChI=1S/C18H26N2/c1-13(2)19-11-10-18(4,5)16-8-9-17-15(12-16)7-6-14(3)20-17/h6-9,12-13,19H,10-11H2,1-5H3. The first-order chi connectivity index (χ1) is 9.38. The Balaban J connectivity index is 2.20. The predicted molar refractivity (Wildman–Crippen MR) is 87.3 cm³/mol. The highest BCUT2D eigenvalue weighted by Gasteiger charge is 2.20.